The molecule has 1 aliphatic heterocycles. The number of hydrogen-bond donors (Lipinski definition) is 0. The number of rotatable bonds is 0. The SMILES string of the molecule is N#Cc1ccc2c(c1)COCC2. The molecular formula is C10H9NO. The van der Waals surface area contributed by atoms with Gasteiger partial charge in [-0.2, -0.15) is 5.26 Å². The summed E-state index contributed by atoms with van der Waals surface area (Å²) in [4.78, 5) is 0. The second-order valence-electron chi connectivity index (χ2n) is 2.90. The second kappa shape index (κ2) is 2.96. The first-order valence-electron chi connectivity index (χ1n) is 4.00. The van der Waals surface area contributed by atoms with E-state index in [1.165, 1.54) is 11.1 Å². The second-order valence-corrected chi connectivity index (χ2v) is 2.90. The quantitative estimate of drug-likeness (QED) is 0.576. The Morgan fingerprint density at radius 2 is 2.25 bits per heavy atom. The van der Waals surface area contributed by atoms with E-state index in [2.05, 4.69) is 6.07 Å². The van der Waals surface area contributed by atoms with Crippen LogP contribution in [0.2, 0.25) is 0 Å². The van der Waals surface area contributed by atoms with E-state index in [-0.39, 0.29) is 0 Å². The fourth-order valence-corrected chi connectivity index (χ4v) is 1.44. The summed E-state index contributed by atoms with van der Waals surface area (Å²) >= 11 is 0. The van der Waals surface area contributed by atoms with Crippen molar-refractivity contribution in [2.75, 3.05) is 6.61 Å². The van der Waals surface area contributed by atoms with Crippen molar-refractivity contribution in [2.24, 2.45) is 0 Å². The number of ether oxygens (including phenoxy) is 1. The van der Waals surface area contributed by atoms with E-state index >= 15 is 0 Å². The molecule has 0 N–H and O–H groups in total. The van der Waals surface area contributed by atoms with Gasteiger partial charge in [0.25, 0.3) is 0 Å². The third kappa shape index (κ3) is 1.19. The molecule has 1 heterocycles. The van der Waals surface area contributed by atoms with Gasteiger partial charge in [0.05, 0.1) is 24.8 Å². The standard InChI is InChI=1S/C10H9NO/c11-6-8-1-2-9-3-4-12-7-10(9)5-8/h1-2,5H,3-4,7H2. The van der Waals surface area contributed by atoms with E-state index in [0.29, 0.717) is 6.61 Å². The molecule has 60 valence electrons. The molecule has 0 saturated carbocycles. The van der Waals surface area contributed by atoms with Gasteiger partial charge in [-0.05, 0) is 29.7 Å². The molecule has 0 saturated heterocycles. The molecule has 0 spiro atoms. The minimum absolute atomic E-state index is 0.658. The molecule has 0 atom stereocenters. The van der Waals surface area contributed by atoms with E-state index in [1.807, 2.05) is 18.2 Å². The third-order valence-electron chi connectivity index (χ3n) is 2.11. The maximum Gasteiger partial charge on any atom is 0.0991 e. The predicted molar refractivity (Wildman–Crippen MR) is 44.5 cm³/mol. The highest BCUT2D eigenvalue weighted by molar-refractivity contribution is 5.38. The fraction of sp³-hybridized carbons (Fsp3) is 0.300. The van der Waals surface area contributed by atoms with E-state index in [4.69, 9.17) is 10.00 Å². The zero-order chi connectivity index (χ0) is 8.39. The van der Waals surface area contributed by atoms with Crippen LogP contribution >= 0.6 is 0 Å². The Morgan fingerprint density at radius 1 is 1.33 bits per heavy atom. The third-order valence-corrected chi connectivity index (χ3v) is 2.11. The number of nitrogens with zero attached hydrogens (tertiary/aromatic N) is 1. The summed E-state index contributed by atoms with van der Waals surface area (Å²) in [6, 6.07) is 7.92. The highest BCUT2D eigenvalue weighted by Crippen LogP contribution is 2.17. The smallest absolute Gasteiger partial charge is 0.0991 e. The lowest BCUT2D eigenvalue weighted by Gasteiger charge is -2.15. The molecule has 0 bridgehead atoms. The van der Waals surface area contributed by atoms with Crippen molar-refractivity contribution in [3.8, 4) is 6.07 Å². The lowest BCUT2D eigenvalue weighted by molar-refractivity contribution is 0.111. The Labute approximate surface area is 71.4 Å². The molecule has 2 rings (SSSR count). The lowest BCUT2D eigenvalue weighted by Crippen LogP contribution is -2.09. The molecule has 0 aliphatic carbocycles. The van der Waals surface area contributed by atoms with E-state index in [0.717, 1.165) is 18.6 Å². The molecule has 2 nitrogen and oxygen atoms in total. The van der Waals surface area contributed by atoms with E-state index in [1.54, 1.807) is 0 Å². The predicted octanol–water partition coefficient (Wildman–Crippen LogP) is 1.63. The summed E-state index contributed by atoms with van der Waals surface area (Å²) in [6.07, 6.45) is 0.973. The summed E-state index contributed by atoms with van der Waals surface area (Å²) < 4.78 is 5.29. The Balaban J connectivity index is 2.44. The van der Waals surface area contributed by atoms with Crippen molar-refractivity contribution in [1.82, 2.24) is 0 Å². The zero-order valence-corrected chi connectivity index (χ0v) is 6.71. The molecular weight excluding hydrogens is 150 g/mol. The summed E-state index contributed by atoms with van der Waals surface area (Å²) in [7, 11) is 0. The van der Waals surface area contributed by atoms with Gasteiger partial charge in [0.1, 0.15) is 0 Å². The van der Waals surface area contributed by atoms with Crippen LogP contribution in [0.1, 0.15) is 16.7 Å². The van der Waals surface area contributed by atoms with Crippen LogP contribution in [0.25, 0.3) is 0 Å². The topological polar surface area (TPSA) is 33.0 Å². The van der Waals surface area contributed by atoms with Gasteiger partial charge in [0.15, 0.2) is 0 Å². The van der Waals surface area contributed by atoms with Crippen LogP contribution in [0.15, 0.2) is 18.2 Å². The van der Waals surface area contributed by atoms with Gasteiger partial charge >= 0.3 is 0 Å². The van der Waals surface area contributed by atoms with Gasteiger partial charge in [0.2, 0.25) is 0 Å². The van der Waals surface area contributed by atoms with Crippen LogP contribution in [-0.2, 0) is 17.8 Å². The molecule has 12 heavy (non-hydrogen) atoms. The van der Waals surface area contributed by atoms with Crippen molar-refractivity contribution in [1.29, 1.82) is 5.26 Å². The molecule has 1 aromatic rings. The van der Waals surface area contributed by atoms with Crippen LogP contribution in [0, 0.1) is 11.3 Å². The maximum absolute atomic E-state index is 8.65. The Kier molecular flexibility index (Phi) is 1.81. The largest absolute Gasteiger partial charge is 0.376 e. The molecule has 1 aliphatic rings. The van der Waals surface area contributed by atoms with E-state index < -0.39 is 0 Å². The molecule has 0 unspecified atom stereocenters. The highest BCUT2D eigenvalue weighted by atomic mass is 16.5. The number of hydrogen-bond acceptors (Lipinski definition) is 2. The average Bonchev–Trinajstić information content (AvgIpc) is 2.17. The average molecular weight is 159 g/mol. The van der Waals surface area contributed by atoms with Gasteiger partial charge in [-0.25, -0.2) is 0 Å². The molecule has 1 aromatic carbocycles. The van der Waals surface area contributed by atoms with Crippen LogP contribution in [-0.4, -0.2) is 6.61 Å². The summed E-state index contributed by atoms with van der Waals surface area (Å²) in [5, 5.41) is 8.65. The number of fused-ring (bicyclic) bond motifs is 1. The highest BCUT2D eigenvalue weighted by Gasteiger charge is 2.08. The van der Waals surface area contributed by atoms with Crippen LogP contribution < -0.4 is 0 Å². The fourth-order valence-electron chi connectivity index (χ4n) is 1.44. The first kappa shape index (κ1) is 7.33. The normalized spacial score (nSPS) is 14.9. The molecule has 0 amide bonds. The first-order chi connectivity index (χ1) is 5.90. The number of nitriles is 1. The monoisotopic (exact) mass is 159 g/mol. The number of benzene rings is 1. The Bertz CT molecular complexity index is 338. The minimum atomic E-state index is 0.658. The van der Waals surface area contributed by atoms with Crippen molar-refractivity contribution < 1.29 is 4.74 Å². The molecule has 2 heteroatoms. The molecule has 0 fully saturated rings. The van der Waals surface area contributed by atoms with Crippen molar-refractivity contribution in [3.63, 3.8) is 0 Å². The van der Waals surface area contributed by atoms with Gasteiger partial charge in [0, 0.05) is 0 Å². The van der Waals surface area contributed by atoms with Crippen LogP contribution in [0.4, 0.5) is 0 Å². The minimum Gasteiger partial charge on any atom is -0.376 e. The van der Waals surface area contributed by atoms with Gasteiger partial charge < -0.3 is 4.74 Å². The lowest BCUT2D eigenvalue weighted by atomic mass is 10.0. The van der Waals surface area contributed by atoms with Crippen molar-refractivity contribution in [3.05, 3.63) is 34.9 Å². The maximum atomic E-state index is 8.65. The van der Waals surface area contributed by atoms with Crippen molar-refractivity contribution >= 4 is 0 Å². The van der Waals surface area contributed by atoms with Gasteiger partial charge in [-0.15, -0.1) is 0 Å². The van der Waals surface area contributed by atoms with Crippen molar-refractivity contribution in [2.45, 2.75) is 13.0 Å². The van der Waals surface area contributed by atoms with Gasteiger partial charge in [-0.3, -0.25) is 0 Å². The summed E-state index contributed by atoms with van der Waals surface area (Å²) in [5.74, 6) is 0. The summed E-state index contributed by atoms with van der Waals surface area (Å²) in [5.41, 5.74) is 3.21. The summed E-state index contributed by atoms with van der Waals surface area (Å²) in [6.45, 7) is 1.46. The van der Waals surface area contributed by atoms with E-state index in [9.17, 15) is 0 Å². The Morgan fingerprint density at radius 3 is 3.08 bits per heavy atom. The first-order valence-corrected chi connectivity index (χ1v) is 4.00. The Hall–Kier alpha value is -1.33. The molecule has 0 radical (unpaired) electrons. The van der Waals surface area contributed by atoms with Crippen LogP contribution in [0.5, 0.6) is 0 Å². The van der Waals surface area contributed by atoms with Crippen LogP contribution in [0.3, 0.4) is 0 Å². The van der Waals surface area contributed by atoms with Gasteiger partial charge in [-0.1, -0.05) is 6.07 Å². The zero-order valence-electron chi connectivity index (χ0n) is 6.71. The molecule has 0 aromatic heterocycles.